The number of carbonyl (C=O) groups excluding carboxylic acids is 3. The Morgan fingerprint density at radius 1 is 0.923 bits per heavy atom. The van der Waals surface area contributed by atoms with E-state index >= 15 is 0 Å². The van der Waals surface area contributed by atoms with Crippen molar-refractivity contribution in [2.45, 2.75) is 105 Å². The molecule has 0 radical (unpaired) electrons. The van der Waals surface area contributed by atoms with Gasteiger partial charge in [0.25, 0.3) is 0 Å². The van der Waals surface area contributed by atoms with E-state index in [-0.39, 0.29) is 11.9 Å². The molecule has 0 aliphatic heterocycles. The molecule has 0 heterocycles. The number of carbonyl (C=O) groups is 3. The normalized spacial score (nSPS) is 11.2. The number of benzene rings is 2. The smallest absolute Gasteiger partial charge is 0.414 e. The van der Waals surface area contributed by atoms with Gasteiger partial charge in [0.05, 0.1) is 6.61 Å². The summed E-state index contributed by atoms with van der Waals surface area (Å²) in [5, 5.41) is 0. The number of ketones is 1. The minimum Gasteiger partial charge on any atom is -0.493 e. The second-order valence-corrected chi connectivity index (χ2v) is 11.4. The molecule has 0 saturated carbocycles. The van der Waals surface area contributed by atoms with Crippen molar-refractivity contribution < 1.29 is 23.9 Å². The molecule has 214 valence electrons. The summed E-state index contributed by atoms with van der Waals surface area (Å²) in [6.45, 7) is 12.4. The summed E-state index contributed by atoms with van der Waals surface area (Å²) in [7, 11) is 0. The average Bonchev–Trinajstić information content (AvgIpc) is 2.83. The summed E-state index contributed by atoms with van der Waals surface area (Å²) in [6.07, 6.45) is 7.78. The molecule has 6 heteroatoms. The van der Waals surface area contributed by atoms with E-state index in [0.717, 1.165) is 66.5 Å². The second-order valence-electron chi connectivity index (χ2n) is 11.4. The van der Waals surface area contributed by atoms with Crippen LogP contribution in [-0.2, 0) is 27.2 Å². The van der Waals surface area contributed by atoms with E-state index < -0.39 is 5.60 Å². The lowest BCUT2D eigenvalue weighted by Gasteiger charge is -2.28. The number of hydrogen-bond donors (Lipinski definition) is 0. The third-order valence-electron chi connectivity index (χ3n) is 6.38. The fourth-order valence-corrected chi connectivity index (χ4v) is 4.66. The highest BCUT2D eigenvalue weighted by molar-refractivity contribution is 5.88. The minimum absolute atomic E-state index is 0.164. The van der Waals surface area contributed by atoms with Crippen LogP contribution in [0.15, 0.2) is 36.4 Å². The molecule has 6 nitrogen and oxygen atoms in total. The van der Waals surface area contributed by atoms with Gasteiger partial charge in [-0.3, -0.25) is 4.90 Å². The highest BCUT2D eigenvalue weighted by Gasteiger charge is 2.23. The van der Waals surface area contributed by atoms with Crippen molar-refractivity contribution in [3.05, 3.63) is 58.7 Å². The van der Waals surface area contributed by atoms with Gasteiger partial charge in [-0.05, 0) is 114 Å². The topological polar surface area (TPSA) is 72.9 Å². The van der Waals surface area contributed by atoms with Gasteiger partial charge in [-0.1, -0.05) is 31.0 Å². The fraction of sp³-hybridized carbons (Fsp3) is 0.545. The zero-order chi connectivity index (χ0) is 28.8. The van der Waals surface area contributed by atoms with Crippen molar-refractivity contribution in [2.75, 3.05) is 18.1 Å². The summed E-state index contributed by atoms with van der Waals surface area (Å²) in [5.41, 5.74) is 4.87. The van der Waals surface area contributed by atoms with Crippen LogP contribution in [0.2, 0.25) is 0 Å². The SMILES string of the molecule is CC(=O)CCCOc1cccc(CCCCCCN(C(=O)OC(C)(C)C)c2cc(C)cc(C)c2)c1CCC=O. The molecule has 0 fully saturated rings. The molecule has 0 aromatic heterocycles. The monoisotopic (exact) mass is 537 g/mol. The number of anilines is 1. The molecule has 0 N–H and O–H groups in total. The molecule has 2 aromatic carbocycles. The van der Waals surface area contributed by atoms with Crippen LogP contribution in [0, 0.1) is 13.8 Å². The number of rotatable bonds is 16. The third kappa shape index (κ3) is 12.1. The fourth-order valence-electron chi connectivity index (χ4n) is 4.66. The van der Waals surface area contributed by atoms with Gasteiger partial charge in [-0.15, -0.1) is 0 Å². The molecule has 0 bridgehead atoms. The molecule has 2 rings (SSSR count). The van der Waals surface area contributed by atoms with E-state index in [1.54, 1.807) is 11.8 Å². The maximum atomic E-state index is 13.0. The van der Waals surface area contributed by atoms with Crippen LogP contribution in [0.1, 0.15) is 94.9 Å². The lowest BCUT2D eigenvalue weighted by Crippen LogP contribution is -2.37. The zero-order valence-electron chi connectivity index (χ0n) is 24.8. The number of ether oxygens (including phenoxy) is 2. The van der Waals surface area contributed by atoms with E-state index in [9.17, 15) is 14.4 Å². The number of aryl methyl sites for hydroxylation is 3. The Kier molecular flexibility index (Phi) is 13.2. The van der Waals surface area contributed by atoms with Crippen molar-refractivity contribution in [3.8, 4) is 5.75 Å². The van der Waals surface area contributed by atoms with E-state index in [4.69, 9.17) is 9.47 Å². The van der Waals surface area contributed by atoms with Crippen LogP contribution in [0.25, 0.3) is 0 Å². The van der Waals surface area contributed by atoms with Crippen LogP contribution in [0.4, 0.5) is 10.5 Å². The van der Waals surface area contributed by atoms with E-state index in [1.165, 1.54) is 5.56 Å². The van der Waals surface area contributed by atoms with Gasteiger partial charge in [-0.2, -0.15) is 0 Å². The molecular formula is C33H47NO5. The maximum absolute atomic E-state index is 13.0. The summed E-state index contributed by atoms with van der Waals surface area (Å²) in [4.78, 5) is 37.1. The molecule has 39 heavy (non-hydrogen) atoms. The second kappa shape index (κ2) is 16.1. The highest BCUT2D eigenvalue weighted by Crippen LogP contribution is 2.27. The number of hydrogen-bond acceptors (Lipinski definition) is 5. The summed E-state index contributed by atoms with van der Waals surface area (Å²) in [5.74, 6) is 0.982. The summed E-state index contributed by atoms with van der Waals surface area (Å²) < 4.78 is 11.7. The number of nitrogens with zero attached hydrogens (tertiary/aromatic N) is 1. The van der Waals surface area contributed by atoms with Crippen LogP contribution >= 0.6 is 0 Å². The predicted molar refractivity (Wildman–Crippen MR) is 158 cm³/mol. The molecule has 1 amide bonds. The van der Waals surface area contributed by atoms with Gasteiger partial charge in [-0.25, -0.2) is 4.79 Å². The van der Waals surface area contributed by atoms with Crippen molar-refractivity contribution in [2.24, 2.45) is 0 Å². The van der Waals surface area contributed by atoms with Crippen molar-refractivity contribution in [3.63, 3.8) is 0 Å². The van der Waals surface area contributed by atoms with Gasteiger partial charge in [0.1, 0.15) is 23.4 Å². The van der Waals surface area contributed by atoms with E-state index in [0.29, 0.717) is 38.8 Å². The van der Waals surface area contributed by atoms with Gasteiger partial charge < -0.3 is 19.1 Å². The maximum Gasteiger partial charge on any atom is 0.414 e. The van der Waals surface area contributed by atoms with Gasteiger partial charge in [0, 0.05) is 25.1 Å². The van der Waals surface area contributed by atoms with Crippen molar-refractivity contribution in [1.82, 2.24) is 0 Å². The van der Waals surface area contributed by atoms with Gasteiger partial charge in [0.15, 0.2) is 0 Å². The molecule has 0 aliphatic rings. The van der Waals surface area contributed by atoms with Crippen LogP contribution in [-0.4, -0.2) is 36.9 Å². The Balaban J connectivity index is 1.95. The Bertz CT molecular complexity index is 1070. The Morgan fingerprint density at radius 2 is 1.62 bits per heavy atom. The van der Waals surface area contributed by atoms with Crippen LogP contribution in [0.5, 0.6) is 5.75 Å². The largest absolute Gasteiger partial charge is 0.493 e. The highest BCUT2D eigenvalue weighted by atomic mass is 16.6. The van der Waals surface area contributed by atoms with Crippen LogP contribution in [0.3, 0.4) is 0 Å². The number of Topliss-reactive ketones (excluding diaryl/α,β-unsaturated/α-hetero) is 1. The molecular weight excluding hydrogens is 490 g/mol. The molecule has 0 saturated heterocycles. The molecule has 0 spiro atoms. The van der Waals surface area contributed by atoms with Crippen molar-refractivity contribution >= 4 is 23.9 Å². The third-order valence-corrected chi connectivity index (χ3v) is 6.38. The quantitative estimate of drug-likeness (QED) is 0.162. The molecule has 0 atom stereocenters. The molecule has 0 unspecified atom stereocenters. The summed E-state index contributed by atoms with van der Waals surface area (Å²) >= 11 is 0. The van der Waals surface area contributed by atoms with E-state index in [2.05, 4.69) is 12.1 Å². The number of aldehydes is 1. The molecule has 0 aliphatic carbocycles. The Morgan fingerprint density at radius 3 is 2.26 bits per heavy atom. The van der Waals surface area contributed by atoms with E-state index in [1.807, 2.05) is 58.9 Å². The average molecular weight is 538 g/mol. The lowest BCUT2D eigenvalue weighted by molar-refractivity contribution is -0.117. The Hall–Kier alpha value is -3.15. The first kappa shape index (κ1) is 32.1. The summed E-state index contributed by atoms with van der Waals surface area (Å²) in [6, 6.07) is 12.2. The van der Waals surface area contributed by atoms with Gasteiger partial charge in [0.2, 0.25) is 0 Å². The lowest BCUT2D eigenvalue weighted by atomic mass is 9.97. The standard InChI is InChI=1S/C33H47NO5/c1-25-22-26(2)24-29(23-25)34(32(37)39-33(4,5)6)19-10-8-7-9-15-28-16-11-18-31(30(28)17-12-20-35)38-21-13-14-27(3)36/h11,16,18,20,22-24H,7-10,12-15,17,19,21H2,1-6H3. The first-order valence-corrected chi connectivity index (χ1v) is 14.3. The minimum atomic E-state index is -0.554. The molecule has 2 aromatic rings. The Labute approximate surface area is 235 Å². The zero-order valence-corrected chi connectivity index (χ0v) is 24.8. The predicted octanol–water partition coefficient (Wildman–Crippen LogP) is 7.73. The van der Waals surface area contributed by atoms with Crippen molar-refractivity contribution in [1.29, 1.82) is 0 Å². The first-order valence-electron chi connectivity index (χ1n) is 14.3. The van der Waals surface area contributed by atoms with Gasteiger partial charge >= 0.3 is 6.09 Å². The van der Waals surface area contributed by atoms with Crippen LogP contribution < -0.4 is 9.64 Å². The number of unbranched alkanes of at least 4 members (excludes halogenated alkanes) is 3. The first-order chi connectivity index (χ1) is 18.5. The number of amides is 1.